The van der Waals surface area contributed by atoms with Gasteiger partial charge in [-0.1, -0.05) is 30.4 Å². The number of benzene rings is 1. The lowest BCUT2D eigenvalue weighted by molar-refractivity contribution is -0.113. The molecule has 0 spiro atoms. The molecule has 0 aliphatic rings. The Morgan fingerprint density at radius 3 is 2.80 bits per heavy atom. The molecular formula is C13H14N4OS2. The Bertz CT molecular complexity index is 625. The Labute approximate surface area is 126 Å². The SMILES string of the molecule is Cn1ncc(C(N)=S)c1NC(=O)CSc1ccccc1. The monoisotopic (exact) mass is 306 g/mol. The van der Waals surface area contributed by atoms with Gasteiger partial charge in [0.05, 0.1) is 17.5 Å². The van der Waals surface area contributed by atoms with E-state index in [9.17, 15) is 4.79 Å². The maximum atomic E-state index is 12.0. The molecular weight excluding hydrogens is 292 g/mol. The fourth-order valence-electron chi connectivity index (χ4n) is 1.60. The zero-order chi connectivity index (χ0) is 14.5. The van der Waals surface area contributed by atoms with Crippen LogP contribution in [0.15, 0.2) is 41.4 Å². The van der Waals surface area contributed by atoms with Gasteiger partial charge in [-0.2, -0.15) is 5.10 Å². The molecule has 2 rings (SSSR count). The van der Waals surface area contributed by atoms with E-state index in [0.29, 0.717) is 17.1 Å². The Hall–Kier alpha value is -1.86. The summed E-state index contributed by atoms with van der Waals surface area (Å²) < 4.78 is 1.54. The van der Waals surface area contributed by atoms with E-state index < -0.39 is 0 Å². The molecule has 2 aromatic rings. The quantitative estimate of drug-likeness (QED) is 0.651. The molecule has 0 radical (unpaired) electrons. The van der Waals surface area contributed by atoms with Crippen molar-refractivity contribution in [2.24, 2.45) is 12.8 Å². The third-order valence-electron chi connectivity index (χ3n) is 2.58. The molecule has 5 nitrogen and oxygen atoms in total. The molecule has 20 heavy (non-hydrogen) atoms. The summed E-state index contributed by atoms with van der Waals surface area (Å²) >= 11 is 6.39. The summed E-state index contributed by atoms with van der Waals surface area (Å²) in [6.07, 6.45) is 1.54. The van der Waals surface area contributed by atoms with Crippen LogP contribution in [0, 0.1) is 0 Å². The number of carbonyl (C=O) groups is 1. The molecule has 1 aromatic heterocycles. The number of thioether (sulfide) groups is 1. The van der Waals surface area contributed by atoms with Crippen LogP contribution in [0.2, 0.25) is 0 Å². The van der Waals surface area contributed by atoms with Gasteiger partial charge in [-0.15, -0.1) is 11.8 Å². The van der Waals surface area contributed by atoms with Crippen molar-refractivity contribution < 1.29 is 4.79 Å². The van der Waals surface area contributed by atoms with E-state index in [1.54, 1.807) is 17.9 Å². The number of thiocarbonyl (C=S) groups is 1. The first-order chi connectivity index (χ1) is 9.58. The lowest BCUT2D eigenvalue weighted by Crippen LogP contribution is -2.20. The maximum absolute atomic E-state index is 12.0. The Morgan fingerprint density at radius 1 is 1.45 bits per heavy atom. The molecule has 0 aliphatic heterocycles. The first kappa shape index (κ1) is 14.5. The number of nitrogens with zero attached hydrogens (tertiary/aromatic N) is 2. The highest BCUT2D eigenvalue weighted by molar-refractivity contribution is 8.00. The van der Waals surface area contributed by atoms with Crippen molar-refractivity contribution in [3.63, 3.8) is 0 Å². The number of carbonyl (C=O) groups excluding carboxylic acids is 1. The first-order valence-electron chi connectivity index (χ1n) is 5.87. The fourth-order valence-corrected chi connectivity index (χ4v) is 2.47. The van der Waals surface area contributed by atoms with Crippen LogP contribution in [-0.2, 0) is 11.8 Å². The van der Waals surface area contributed by atoms with E-state index in [2.05, 4.69) is 10.4 Å². The molecule has 0 aliphatic carbocycles. The number of nitrogens with one attached hydrogen (secondary N) is 1. The number of aryl methyl sites for hydroxylation is 1. The second kappa shape index (κ2) is 6.53. The van der Waals surface area contributed by atoms with Crippen LogP contribution < -0.4 is 11.1 Å². The van der Waals surface area contributed by atoms with Crippen molar-refractivity contribution in [2.75, 3.05) is 11.1 Å². The van der Waals surface area contributed by atoms with Gasteiger partial charge in [0.2, 0.25) is 5.91 Å². The number of nitrogens with two attached hydrogens (primary N) is 1. The van der Waals surface area contributed by atoms with E-state index in [1.165, 1.54) is 11.8 Å². The van der Waals surface area contributed by atoms with Gasteiger partial charge in [-0.05, 0) is 12.1 Å². The number of hydrogen-bond donors (Lipinski definition) is 2. The first-order valence-corrected chi connectivity index (χ1v) is 7.27. The molecule has 0 saturated heterocycles. The Kier molecular flexibility index (Phi) is 4.75. The summed E-state index contributed by atoms with van der Waals surface area (Å²) in [7, 11) is 1.72. The minimum absolute atomic E-state index is 0.125. The number of amides is 1. The molecule has 0 fully saturated rings. The van der Waals surface area contributed by atoms with Gasteiger partial charge >= 0.3 is 0 Å². The summed E-state index contributed by atoms with van der Waals surface area (Å²) in [6, 6.07) is 9.73. The predicted molar refractivity (Wildman–Crippen MR) is 84.9 cm³/mol. The molecule has 1 amide bonds. The minimum atomic E-state index is -0.125. The van der Waals surface area contributed by atoms with Gasteiger partial charge in [0.25, 0.3) is 0 Å². The summed E-state index contributed by atoms with van der Waals surface area (Å²) in [4.78, 5) is 13.2. The third kappa shape index (κ3) is 3.58. The van der Waals surface area contributed by atoms with Crippen molar-refractivity contribution in [1.29, 1.82) is 0 Å². The largest absolute Gasteiger partial charge is 0.389 e. The van der Waals surface area contributed by atoms with Crippen LogP contribution in [0.1, 0.15) is 5.56 Å². The minimum Gasteiger partial charge on any atom is -0.389 e. The summed E-state index contributed by atoms with van der Waals surface area (Å²) in [5.41, 5.74) is 6.16. The third-order valence-corrected chi connectivity index (χ3v) is 3.81. The van der Waals surface area contributed by atoms with Crippen molar-refractivity contribution in [1.82, 2.24) is 9.78 Å². The van der Waals surface area contributed by atoms with Crippen LogP contribution >= 0.6 is 24.0 Å². The highest BCUT2D eigenvalue weighted by Gasteiger charge is 2.13. The standard InChI is InChI=1S/C13H14N4OS2/c1-17-13(10(7-15-17)12(14)19)16-11(18)8-20-9-5-3-2-4-6-9/h2-7H,8H2,1H3,(H2,14,19)(H,16,18). The zero-order valence-corrected chi connectivity index (χ0v) is 12.5. The lowest BCUT2D eigenvalue weighted by atomic mass is 10.3. The zero-order valence-electron chi connectivity index (χ0n) is 10.9. The van der Waals surface area contributed by atoms with Gasteiger partial charge in [0.1, 0.15) is 10.8 Å². The van der Waals surface area contributed by atoms with Gasteiger partial charge in [-0.25, -0.2) is 0 Å². The van der Waals surface area contributed by atoms with Gasteiger partial charge in [0.15, 0.2) is 0 Å². The smallest absolute Gasteiger partial charge is 0.235 e. The highest BCUT2D eigenvalue weighted by atomic mass is 32.2. The molecule has 0 atom stereocenters. The number of anilines is 1. The van der Waals surface area contributed by atoms with E-state index in [4.69, 9.17) is 18.0 Å². The predicted octanol–water partition coefficient (Wildman–Crippen LogP) is 1.79. The summed E-state index contributed by atoms with van der Waals surface area (Å²) in [5, 5.41) is 6.82. The van der Waals surface area contributed by atoms with Crippen molar-refractivity contribution in [2.45, 2.75) is 4.90 Å². The molecule has 0 saturated carbocycles. The van der Waals surface area contributed by atoms with Crippen LogP contribution in [-0.4, -0.2) is 26.4 Å². The Morgan fingerprint density at radius 2 is 2.15 bits per heavy atom. The number of hydrogen-bond acceptors (Lipinski definition) is 4. The second-order valence-electron chi connectivity index (χ2n) is 4.04. The van der Waals surface area contributed by atoms with Gasteiger partial charge in [-0.3, -0.25) is 9.48 Å². The van der Waals surface area contributed by atoms with E-state index in [-0.39, 0.29) is 10.9 Å². The lowest BCUT2D eigenvalue weighted by Gasteiger charge is -2.07. The molecule has 1 heterocycles. The van der Waals surface area contributed by atoms with Crippen LogP contribution in [0.4, 0.5) is 5.82 Å². The molecule has 0 unspecified atom stereocenters. The van der Waals surface area contributed by atoms with Crippen LogP contribution in [0.5, 0.6) is 0 Å². The Balaban J connectivity index is 1.98. The van der Waals surface area contributed by atoms with Crippen LogP contribution in [0.25, 0.3) is 0 Å². The second-order valence-corrected chi connectivity index (χ2v) is 5.53. The van der Waals surface area contributed by atoms with Crippen molar-refractivity contribution in [3.05, 3.63) is 42.1 Å². The number of rotatable bonds is 5. The molecule has 3 N–H and O–H groups in total. The number of aromatic nitrogens is 2. The van der Waals surface area contributed by atoms with Crippen molar-refractivity contribution in [3.8, 4) is 0 Å². The highest BCUT2D eigenvalue weighted by Crippen LogP contribution is 2.18. The average molecular weight is 306 g/mol. The van der Waals surface area contributed by atoms with Gasteiger partial charge < -0.3 is 11.1 Å². The van der Waals surface area contributed by atoms with E-state index >= 15 is 0 Å². The van der Waals surface area contributed by atoms with E-state index in [0.717, 1.165) is 4.90 Å². The molecule has 104 valence electrons. The van der Waals surface area contributed by atoms with Crippen molar-refractivity contribution >= 4 is 40.7 Å². The topological polar surface area (TPSA) is 72.9 Å². The molecule has 1 aromatic carbocycles. The maximum Gasteiger partial charge on any atom is 0.235 e. The van der Waals surface area contributed by atoms with Crippen LogP contribution in [0.3, 0.4) is 0 Å². The average Bonchev–Trinajstić information content (AvgIpc) is 2.79. The normalized spacial score (nSPS) is 10.2. The van der Waals surface area contributed by atoms with Gasteiger partial charge in [0, 0.05) is 11.9 Å². The summed E-state index contributed by atoms with van der Waals surface area (Å²) in [5.74, 6) is 0.711. The van der Waals surface area contributed by atoms with E-state index in [1.807, 2.05) is 30.3 Å². The molecule has 7 heteroatoms. The fraction of sp³-hybridized carbons (Fsp3) is 0.154. The molecule has 0 bridgehead atoms. The summed E-state index contributed by atoms with van der Waals surface area (Å²) in [6.45, 7) is 0.